The number of unbranched alkanes of at least 4 members (excludes halogenated alkanes) is 1. The fourth-order valence-electron chi connectivity index (χ4n) is 0.625. The van der Waals surface area contributed by atoms with Gasteiger partial charge >= 0.3 is 0 Å². The van der Waals surface area contributed by atoms with E-state index in [-0.39, 0.29) is 13.2 Å². The van der Waals surface area contributed by atoms with Gasteiger partial charge in [-0.1, -0.05) is 0 Å². The predicted molar refractivity (Wildman–Crippen MR) is 50.8 cm³/mol. The van der Waals surface area contributed by atoms with Gasteiger partial charge in [-0.25, -0.2) is 0 Å². The Balaban J connectivity index is 3.41. The Hall–Kier alpha value is -0.180. The molecule has 0 aromatic carbocycles. The molecule has 0 saturated heterocycles. The first-order valence-corrected chi connectivity index (χ1v) is 7.53. The molecule has 8 heteroatoms. The van der Waals surface area contributed by atoms with Crippen LogP contribution >= 0.6 is 0 Å². The van der Waals surface area contributed by atoms with E-state index >= 15 is 0 Å². The van der Waals surface area contributed by atoms with Crippen LogP contribution in [-0.4, -0.2) is 42.6 Å². The smallest absolute Gasteiger partial charge is 0.264 e. The van der Waals surface area contributed by atoms with Crippen LogP contribution in [0.2, 0.25) is 0 Å². The molecule has 0 aliphatic heterocycles. The van der Waals surface area contributed by atoms with E-state index in [4.69, 9.17) is 0 Å². The molecule has 0 atom stereocenters. The number of hydrogen-bond donors (Lipinski definition) is 0. The van der Waals surface area contributed by atoms with Crippen LogP contribution in [0, 0.1) is 0 Å². The van der Waals surface area contributed by atoms with E-state index in [1.165, 1.54) is 0 Å². The van der Waals surface area contributed by atoms with Gasteiger partial charge in [0.15, 0.2) is 0 Å². The predicted octanol–water partition coefficient (Wildman–Crippen LogP) is -0.281. The van der Waals surface area contributed by atoms with E-state index < -0.39 is 20.2 Å². The molecule has 0 aromatic heterocycles. The molecular formula is C6H14O6S2. The normalized spacial score (nSPS) is 13.0. The third kappa shape index (κ3) is 11.8. The summed E-state index contributed by atoms with van der Waals surface area (Å²) in [6, 6.07) is 0. The minimum atomic E-state index is -3.40. The summed E-state index contributed by atoms with van der Waals surface area (Å²) < 4.78 is 50.8. The largest absolute Gasteiger partial charge is 0.270 e. The summed E-state index contributed by atoms with van der Waals surface area (Å²) in [5.41, 5.74) is 0. The third-order valence-corrected chi connectivity index (χ3v) is 2.32. The molecular weight excluding hydrogens is 231 g/mol. The Morgan fingerprint density at radius 3 is 1.29 bits per heavy atom. The highest BCUT2D eigenvalue weighted by atomic mass is 32.2. The first-order chi connectivity index (χ1) is 6.21. The van der Waals surface area contributed by atoms with Crippen LogP contribution in [0.15, 0.2) is 0 Å². The van der Waals surface area contributed by atoms with Crippen LogP contribution < -0.4 is 0 Å². The molecule has 0 heterocycles. The minimum Gasteiger partial charge on any atom is -0.270 e. The Bertz CT molecular complexity index is 305. The van der Waals surface area contributed by atoms with Crippen molar-refractivity contribution in [3.8, 4) is 0 Å². The SMILES string of the molecule is CS(=O)(=O)OCCC[11CH2]OS(C)(=O)=O. The maximum atomic E-state index is 10.5. The van der Waals surface area contributed by atoms with Crippen LogP contribution in [0.25, 0.3) is 0 Å². The average molecular weight is 245 g/mol. The Morgan fingerprint density at radius 2 is 1.07 bits per heavy atom. The van der Waals surface area contributed by atoms with Crippen molar-refractivity contribution in [1.29, 1.82) is 0 Å². The van der Waals surface area contributed by atoms with Gasteiger partial charge in [-0.15, -0.1) is 0 Å². The Labute approximate surface area is 84.5 Å². The van der Waals surface area contributed by atoms with Gasteiger partial charge in [-0.3, -0.25) is 8.37 Å². The summed E-state index contributed by atoms with van der Waals surface area (Å²) in [7, 11) is -6.80. The van der Waals surface area contributed by atoms with E-state index in [1.54, 1.807) is 0 Å². The van der Waals surface area contributed by atoms with E-state index in [9.17, 15) is 16.8 Å². The Kier molecular flexibility index (Phi) is 5.57. The zero-order chi connectivity index (χ0) is 11.2. The van der Waals surface area contributed by atoms with Gasteiger partial charge in [0.25, 0.3) is 20.2 Å². The fourth-order valence-corrected chi connectivity index (χ4v) is 1.47. The van der Waals surface area contributed by atoms with Crippen molar-refractivity contribution in [1.82, 2.24) is 0 Å². The van der Waals surface area contributed by atoms with Gasteiger partial charge in [0.2, 0.25) is 0 Å². The second-order valence-corrected chi connectivity index (χ2v) is 6.05. The lowest BCUT2D eigenvalue weighted by Gasteiger charge is -2.01. The molecule has 0 fully saturated rings. The molecule has 0 radical (unpaired) electrons. The molecule has 0 amide bonds. The monoisotopic (exact) mass is 245 g/mol. The average Bonchev–Trinajstić information content (AvgIpc) is 1.92. The van der Waals surface area contributed by atoms with Crippen molar-refractivity contribution in [2.75, 3.05) is 25.7 Å². The molecule has 0 N–H and O–H groups in total. The number of hydrogen-bond acceptors (Lipinski definition) is 6. The highest BCUT2D eigenvalue weighted by molar-refractivity contribution is 7.86. The first-order valence-electron chi connectivity index (χ1n) is 3.89. The topological polar surface area (TPSA) is 86.7 Å². The molecule has 14 heavy (non-hydrogen) atoms. The molecule has 0 aliphatic carbocycles. The molecule has 6 nitrogen and oxygen atoms in total. The summed E-state index contributed by atoms with van der Waals surface area (Å²) in [6.45, 7) is 0.0951. The minimum absolute atomic E-state index is 0.0476. The summed E-state index contributed by atoms with van der Waals surface area (Å²) in [5, 5.41) is 0. The summed E-state index contributed by atoms with van der Waals surface area (Å²) in [5.74, 6) is 0. The fraction of sp³-hybridized carbons (Fsp3) is 1.00. The highest BCUT2D eigenvalue weighted by Crippen LogP contribution is 1.96. The van der Waals surface area contributed by atoms with Gasteiger partial charge in [-0.2, -0.15) is 16.8 Å². The molecule has 0 unspecified atom stereocenters. The first kappa shape index (κ1) is 13.8. The molecule has 0 aromatic rings. The van der Waals surface area contributed by atoms with E-state index in [0.29, 0.717) is 12.8 Å². The van der Waals surface area contributed by atoms with E-state index in [0.717, 1.165) is 12.5 Å². The summed E-state index contributed by atoms with van der Waals surface area (Å²) in [6.07, 6.45) is 2.78. The van der Waals surface area contributed by atoms with Crippen molar-refractivity contribution in [2.24, 2.45) is 0 Å². The standard InChI is InChI=1S/C6H14O6S2/c1-13(7,8)11-5-3-4-6-12-14(2,9)10/h3-6H2,1-2H3/i5-1. The maximum absolute atomic E-state index is 10.5. The second-order valence-electron chi connectivity index (χ2n) is 2.76. The highest BCUT2D eigenvalue weighted by Gasteiger charge is 2.02. The van der Waals surface area contributed by atoms with Crippen LogP contribution in [-0.2, 0) is 28.6 Å². The van der Waals surface area contributed by atoms with E-state index in [1.807, 2.05) is 0 Å². The van der Waals surface area contributed by atoms with Crippen molar-refractivity contribution in [3.63, 3.8) is 0 Å². The second kappa shape index (κ2) is 5.64. The van der Waals surface area contributed by atoms with Gasteiger partial charge in [0, 0.05) is 0 Å². The maximum Gasteiger partial charge on any atom is 0.264 e. The van der Waals surface area contributed by atoms with Crippen molar-refractivity contribution in [3.05, 3.63) is 0 Å². The molecule has 0 spiro atoms. The Morgan fingerprint density at radius 1 is 0.786 bits per heavy atom. The van der Waals surface area contributed by atoms with E-state index in [2.05, 4.69) is 8.37 Å². The molecule has 0 bridgehead atoms. The van der Waals surface area contributed by atoms with Crippen LogP contribution in [0.1, 0.15) is 12.8 Å². The molecule has 86 valence electrons. The molecule has 0 rings (SSSR count). The van der Waals surface area contributed by atoms with Crippen molar-refractivity contribution in [2.45, 2.75) is 12.8 Å². The number of rotatable bonds is 7. The zero-order valence-electron chi connectivity index (χ0n) is 8.09. The molecule has 0 aliphatic rings. The van der Waals surface area contributed by atoms with Crippen LogP contribution in [0.3, 0.4) is 0 Å². The third-order valence-electron chi connectivity index (χ3n) is 1.13. The molecule has 0 saturated carbocycles. The quantitative estimate of drug-likeness (QED) is 0.453. The van der Waals surface area contributed by atoms with Gasteiger partial charge in [-0.05, 0) is 12.8 Å². The summed E-state index contributed by atoms with van der Waals surface area (Å²) >= 11 is 0. The van der Waals surface area contributed by atoms with Gasteiger partial charge in [0.05, 0.1) is 25.7 Å². The van der Waals surface area contributed by atoms with Crippen molar-refractivity contribution >= 4 is 20.2 Å². The van der Waals surface area contributed by atoms with Crippen molar-refractivity contribution < 1.29 is 25.2 Å². The van der Waals surface area contributed by atoms with Crippen LogP contribution in [0.4, 0.5) is 0 Å². The lowest BCUT2D eigenvalue weighted by Crippen LogP contribution is -2.07. The van der Waals surface area contributed by atoms with Crippen LogP contribution in [0.5, 0.6) is 0 Å². The summed E-state index contributed by atoms with van der Waals surface area (Å²) in [4.78, 5) is 0. The lowest BCUT2D eigenvalue weighted by molar-refractivity contribution is 0.273. The zero-order valence-corrected chi connectivity index (χ0v) is 9.73. The van der Waals surface area contributed by atoms with Gasteiger partial charge in [0.1, 0.15) is 0 Å². The van der Waals surface area contributed by atoms with Gasteiger partial charge < -0.3 is 0 Å². The lowest BCUT2D eigenvalue weighted by atomic mass is 10.0.